The quantitative estimate of drug-likeness (QED) is 0.481. The Bertz CT molecular complexity index is 641. The van der Waals surface area contributed by atoms with Gasteiger partial charge in [-0.2, -0.15) is 0 Å². The number of likely N-dealkylation sites (N-methyl/N-ethyl adjacent to an activating group) is 1. The summed E-state index contributed by atoms with van der Waals surface area (Å²) < 4.78 is 1.15. The van der Waals surface area contributed by atoms with Gasteiger partial charge >= 0.3 is 0 Å². The van der Waals surface area contributed by atoms with Gasteiger partial charge in [0.2, 0.25) is 0 Å². The van der Waals surface area contributed by atoms with E-state index in [4.69, 9.17) is 0 Å². The lowest BCUT2D eigenvalue weighted by atomic mass is 10.1. The van der Waals surface area contributed by atoms with Gasteiger partial charge in [0.05, 0.1) is 38.9 Å². The largest absolute Gasteiger partial charge is 1.00 e. The van der Waals surface area contributed by atoms with Gasteiger partial charge in [-0.1, -0.05) is 30.3 Å². The molecule has 0 spiro atoms. The molecule has 1 aromatic heterocycles. The second kappa shape index (κ2) is 5.77. The van der Waals surface area contributed by atoms with Gasteiger partial charge < -0.3 is 33.4 Å². The Labute approximate surface area is 148 Å². The minimum absolute atomic E-state index is 0. The smallest absolute Gasteiger partial charge is 0.151 e. The summed E-state index contributed by atoms with van der Waals surface area (Å²) >= 11 is 0. The molecule has 0 N–H and O–H groups in total. The first-order valence-electron chi connectivity index (χ1n) is 7.62. The van der Waals surface area contributed by atoms with Crippen LogP contribution in [0.15, 0.2) is 42.5 Å². The number of piperazine rings is 1. The zero-order valence-electron chi connectivity index (χ0n) is 13.0. The number of hydrogen-bond donors (Lipinski definition) is 0. The molecule has 3 heterocycles. The number of fused-ring (bicyclic) bond motifs is 2. The van der Waals surface area contributed by atoms with Crippen molar-refractivity contribution in [3.05, 3.63) is 42.5 Å². The third-order valence-electron chi connectivity index (χ3n) is 5.08. The highest BCUT2D eigenvalue weighted by Crippen LogP contribution is 2.36. The van der Waals surface area contributed by atoms with Crippen LogP contribution in [-0.4, -0.2) is 53.9 Å². The van der Waals surface area contributed by atoms with Crippen LogP contribution in [0.1, 0.15) is 6.42 Å². The summed E-state index contributed by atoms with van der Waals surface area (Å²) in [5.41, 5.74) is 2.07. The summed E-state index contributed by atoms with van der Waals surface area (Å²) in [7, 11) is 4.68. The zero-order chi connectivity index (χ0) is 14.4. The molecule has 5 heteroatoms. The van der Waals surface area contributed by atoms with Crippen LogP contribution in [0, 0.1) is 0 Å². The van der Waals surface area contributed by atoms with Crippen LogP contribution in [0.2, 0.25) is 0 Å². The number of anilines is 1. The summed E-state index contributed by atoms with van der Waals surface area (Å²) in [4.78, 5) is 2.44. The van der Waals surface area contributed by atoms with Gasteiger partial charge in [-0.05, 0) is 12.1 Å². The summed E-state index contributed by atoms with van der Waals surface area (Å²) in [5.74, 6) is 1.03. The topological polar surface area (TPSA) is 29.0 Å². The van der Waals surface area contributed by atoms with Crippen LogP contribution in [0.3, 0.4) is 0 Å². The lowest BCUT2D eigenvalue weighted by Gasteiger charge is -2.38. The number of rotatable bonds is 2. The molecule has 2 saturated heterocycles. The van der Waals surface area contributed by atoms with Gasteiger partial charge in [0.15, 0.2) is 5.82 Å². The highest BCUT2D eigenvalue weighted by atomic mass is 127. The van der Waals surface area contributed by atoms with E-state index in [0.717, 1.165) is 34.1 Å². The van der Waals surface area contributed by atoms with Crippen molar-refractivity contribution >= 4 is 5.82 Å². The van der Waals surface area contributed by atoms with E-state index in [1.807, 2.05) is 18.2 Å². The first kappa shape index (κ1) is 15.7. The maximum Gasteiger partial charge on any atom is 0.151 e. The summed E-state index contributed by atoms with van der Waals surface area (Å²) in [6.45, 7) is 2.32. The second-order valence-corrected chi connectivity index (χ2v) is 6.80. The molecule has 0 saturated carbocycles. The molecule has 0 aliphatic carbocycles. The molecule has 4 rings (SSSR count). The Morgan fingerprint density at radius 1 is 1.05 bits per heavy atom. The number of benzene rings is 1. The standard InChI is InChI=1S/C17H21N4.HI/c1-21(2)12-14-10-15(21)11-20(14)17-9-8-16(18-19-17)13-6-4-3-5-7-13;/h3-9,14-15H,10-12H2,1-2H3;1H/q+1;/p-1/t14-,15-;/m1./s1. The summed E-state index contributed by atoms with van der Waals surface area (Å²) in [5, 5.41) is 8.89. The molecular weight excluding hydrogens is 387 g/mol. The van der Waals surface area contributed by atoms with Crippen LogP contribution < -0.4 is 28.9 Å². The normalized spacial score (nSPS) is 25.1. The average molecular weight is 408 g/mol. The van der Waals surface area contributed by atoms with E-state index in [1.54, 1.807) is 0 Å². The molecular formula is C17H21IN4. The van der Waals surface area contributed by atoms with E-state index in [1.165, 1.54) is 13.0 Å². The van der Waals surface area contributed by atoms with Crippen molar-refractivity contribution < 1.29 is 28.5 Å². The minimum Gasteiger partial charge on any atom is -1.00 e. The van der Waals surface area contributed by atoms with Gasteiger partial charge in [-0.15, -0.1) is 10.2 Å². The Morgan fingerprint density at radius 3 is 2.36 bits per heavy atom. The van der Waals surface area contributed by atoms with Crippen molar-refractivity contribution in [1.82, 2.24) is 10.2 Å². The highest BCUT2D eigenvalue weighted by Gasteiger charge is 2.50. The molecule has 2 aliphatic heterocycles. The third kappa shape index (κ3) is 2.60. The molecule has 0 unspecified atom stereocenters. The predicted molar refractivity (Wildman–Crippen MR) is 84.0 cm³/mol. The molecule has 1 aromatic carbocycles. The molecule has 2 bridgehead atoms. The van der Waals surface area contributed by atoms with Crippen molar-refractivity contribution in [2.24, 2.45) is 0 Å². The SMILES string of the molecule is C[N+]1(C)C[C@H]2C[C@@H]1CN2c1ccc(-c2ccccc2)nn1.[I-]. The number of aromatic nitrogens is 2. The minimum atomic E-state index is 0. The highest BCUT2D eigenvalue weighted by molar-refractivity contribution is 5.59. The van der Waals surface area contributed by atoms with Gasteiger partial charge in [0.25, 0.3) is 0 Å². The van der Waals surface area contributed by atoms with Crippen LogP contribution in [0.25, 0.3) is 11.3 Å². The van der Waals surface area contributed by atoms with Gasteiger partial charge in [-0.3, -0.25) is 0 Å². The lowest BCUT2D eigenvalue weighted by Crippen LogP contribution is -3.00. The fourth-order valence-electron chi connectivity index (χ4n) is 3.79. The molecule has 2 aromatic rings. The maximum absolute atomic E-state index is 4.47. The van der Waals surface area contributed by atoms with Gasteiger partial charge in [-0.25, -0.2) is 0 Å². The number of halogens is 1. The van der Waals surface area contributed by atoms with E-state index < -0.39 is 0 Å². The lowest BCUT2D eigenvalue weighted by molar-refractivity contribution is -0.903. The van der Waals surface area contributed by atoms with Crippen molar-refractivity contribution in [2.45, 2.75) is 18.5 Å². The van der Waals surface area contributed by atoms with Crippen LogP contribution in [0.4, 0.5) is 5.82 Å². The third-order valence-corrected chi connectivity index (χ3v) is 5.08. The second-order valence-electron chi connectivity index (χ2n) is 6.80. The van der Waals surface area contributed by atoms with E-state index in [0.29, 0.717) is 6.04 Å². The Kier molecular flexibility index (Phi) is 4.11. The molecule has 116 valence electrons. The molecule has 2 atom stereocenters. The van der Waals surface area contributed by atoms with E-state index in [9.17, 15) is 0 Å². The average Bonchev–Trinajstić information content (AvgIpc) is 3.04. The zero-order valence-corrected chi connectivity index (χ0v) is 15.1. The molecule has 4 nitrogen and oxygen atoms in total. The molecule has 22 heavy (non-hydrogen) atoms. The summed E-state index contributed by atoms with van der Waals surface area (Å²) in [6.07, 6.45) is 1.29. The fraction of sp³-hybridized carbons (Fsp3) is 0.412. The fourth-order valence-corrected chi connectivity index (χ4v) is 3.79. The van der Waals surface area contributed by atoms with Crippen molar-refractivity contribution in [1.29, 1.82) is 0 Å². The van der Waals surface area contributed by atoms with Crippen LogP contribution >= 0.6 is 0 Å². The first-order valence-corrected chi connectivity index (χ1v) is 7.62. The van der Waals surface area contributed by atoms with Gasteiger partial charge in [0.1, 0.15) is 6.04 Å². The first-order chi connectivity index (χ1) is 10.1. The molecule has 0 radical (unpaired) electrons. The van der Waals surface area contributed by atoms with Gasteiger partial charge in [0, 0.05) is 12.0 Å². The Balaban J connectivity index is 0.00000144. The molecule has 2 fully saturated rings. The number of nitrogens with zero attached hydrogens (tertiary/aromatic N) is 4. The van der Waals surface area contributed by atoms with E-state index in [2.05, 4.69) is 53.5 Å². The maximum atomic E-state index is 4.47. The van der Waals surface area contributed by atoms with E-state index >= 15 is 0 Å². The monoisotopic (exact) mass is 408 g/mol. The number of likely N-dealkylation sites (tertiary alicyclic amines) is 1. The molecule has 2 aliphatic rings. The van der Waals surface area contributed by atoms with Crippen molar-refractivity contribution in [3.8, 4) is 11.3 Å². The predicted octanol–water partition coefficient (Wildman–Crippen LogP) is -0.815. The Hall–Kier alpha value is -1.21. The summed E-state index contributed by atoms with van der Waals surface area (Å²) in [6, 6.07) is 15.8. The van der Waals surface area contributed by atoms with Crippen molar-refractivity contribution in [3.63, 3.8) is 0 Å². The van der Waals surface area contributed by atoms with E-state index in [-0.39, 0.29) is 24.0 Å². The molecule has 0 amide bonds. The van der Waals surface area contributed by atoms with Crippen LogP contribution in [-0.2, 0) is 0 Å². The Morgan fingerprint density at radius 2 is 1.82 bits per heavy atom. The number of hydrogen-bond acceptors (Lipinski definition) is 3. The number of quaternary nitrogens is 1. The van der Waals surface area contributed by atoms with Crippen LogP contribution in [0.5, 0.6) is 0 Å². The van der Waals surface area contributed by atoms with Crippen molar-refractivity contribution in [2.75, 3.05) is 32.1 Å².